The monoisotopic (exact) mass is 600 g/mol. The van der Waals surface area contributed by atoms with Gasteiger partial charge >= 0.3 is 12.1 Å². The predicted molar refractivity (Wildman–Crippen MR) is 137 cm³/mol. The summed E-state index contributed by atoms with van der Waals surface area (Å²) in [7, 11) is 0. The summed E-state index contributed by atoms with van der Waals surface area (Å²) in [6, 6.07) is -0.944. The number of carbonyl (C=O) groups excluding carboxylic acids is 2. The number of nitrogens with zero attached hydrogens (tertiary/aromatic N) is 3. The van der Waals surface area contributed by atoms with Crippen LogP contribution >= 0.6 is 15.9 Å². The maximum absolute atomic E-state index is 13.0. The van der Waals surface area contributed by atoms with Gasteiger partial charge in [-0.3, -0.25) is 14.3 Å². The highest BCUT2D eigenvalue weighted by Crippen LogP contribution is 2.44. The molecule has 0 saturated carbocycles. The Morgan fingerprint density at radius 2 is 1.89 bits per heavy atom. The maximum atomic E-state index is 13.0. The molecule has 4 heterocycles. The second-order valence-corrected chi connectivity index (χ2v) is 11.7. The van der Waals surface area contributed by atoms with Gasteiger partial charge < -0.3 is 34.7 Å². The lowest BCUT2D eigenvalue weighted by molar-refractivity contribution is -0.202. The third kappa shape index (κ3) is 5.80. The van der Waals surface area contributed by atoms with Crippen LogP contribution in [-0.4, -0.2) is 73.9 Å². The molecule has 0 aliphatic carbocycles. The number of ether oxygens (including phenoxy) is 5. The molecule has 1 amide bonds. The molecule has 2 aromatic heterocycles. The number of nitrogens with one attached hydrogen (secondary N) is 2. The Hall–Kier alpha value is -2.75. The van der Waals surface area contributed by atoms with Crippen LogP contribution in [0.2, 0.25) is 0 Å². The normalized spacial score (nSPS) is 25.4. The molecule has 4 rings (SSSR count). The summed E-state index contributed by atoms with van der Waals surface area (Å²) in [5, 5.41) is 2.57. The van der Waals surface area contributed by atoms with Gasteiger partial charge in [0.1, 0.15) is 36.6 Å². The Kier molecular flexibility index (Phi) is 7.51. The van der Waals surface area contributed by atoms with Gasteiger partial charge in [0, 0.05) is 0 Å². The Morgan fingerprint density at radius 3 is 2.53 bits per heavy atom. The van der Waals surface area contributed by atoms with Gasteiger partial charge in [-0.25, -0.2) is 14.6 Å². The molecule has 5 atom stereocenters. The van der Waals surface area contributed by atoms with E-state index in [-0.39, 0.29) is 34.4 Å². The number of hydrogen-bond donors (Lipinski definition) is 3. The van der Waals surface area contributed by atoms with Gasteiger partial charge in [0.2, 0.25) is 5.95 Å². The number of anilines is 1. The summed E-state index contributed by atoms with van der Waals surface area (Å²) in [6.45, 7) is 12.1. The minimum Gasteiger partial charge on any atom is -0.461 e. The minimum atomic E-state index is -0.953. The SMILES string of the molecule is CC(C)[C@H](NC(=O)OC(C)(C)C)C(=O)OC[C@H]1O[C@@H](n2c(Br)nc3c(=O)[nH]c(N)nc32)C2OC(C)(C)O[C@@H]21. The van der Waals surface area contributed by atoms with Gasteiger partial charge in [0.25, 0.3) is 5.56 Å². The van der Waals surface area contributed by atoms with Crippen molar-refractivity contribution in [2.75, 3.05) is 12.3 Å². The van der Waals surface area contributed by atoms with Crippen molar-refractivity contribution in [2.45, 2.75) is 90.4 Å². The molecule has 0 radical (unpaired) electrons. The number of hydrogen-bond acceptors (Lipinski definition) is 11. The second kappa shape index (κ2) is 10.1. The van der Waals surface area contributed by atoms with E-state index in [1.165, 1.54) is 0 Å². The van der Waals surface area contributed by atoms with Crippen molar-refractivity contribution >= 4 is 45.1 Å². The number of nitrogens with two attached hydrogens (primary N) is 1. The molecule has 2 saturated heterocycles. The van der Waals surface area contributed by atoms with E-state index in [1.807, 2.05) is 0 Å². The first-order chi connectivity index (χ1) is 17.6. The highest BCUT2D eigenvalue weighted by atomic mass is 79.9. The van der Waals surface area contributed by atoms with Crippen molar-refractivity contribution in [3.8, 4) is 0 Å². The Balaban J connectivity index is 1.54. The molecule has 0 aromatic carbocycles. The molecule has 38 heavy (non-hydrogen) atoms. The van der Waals surface area contributed by atoms with Crippen LogP contribution in [0.5, 0.6) is 0 Å². The first kappa shape index (κ1) is 28.3. The fraction of sp³-hybridized carbons (Fsp3) is 0.696. The summed E-state index contributed by atoms with van der Waals surface area (Å²) < 4.78 is 31.1. The van der Waals surface area contributed by atoms with Crippen LogP contribution in [-0.2, 0) is 28.5 Å². The van der Waals surface area contributed by atoms with Gasteiger partial charge in [0.15, 0.2) is 27.9 Å². The molecule has 210 valence electrons. The third-order valence-corrected chi connectivity index (χ3v) is 6.45. The number of alkyl carbamates (subject to hydrolysis) is 1. The molecule has 0 spiro atoms. The zero-order valence-corrected chi connectivity index (χ0v) is 23.8. The summed E-state index contributed by atoms with van der Waals surface area (Å²) in [4.78, 5) is 48.5. The predicted octanol–water partition coefficient (Wildman–Crippen LogP) is 1.97. The van der Waals surface area contributed by atoms with Crippen LogP contribution in [0.1, 0.15) is 54.7 Å². The van der Waals surface area contributed by atoms with Gasteiger partial charge in [-0.1, -0.05) is 13.8 Å². The summed E-state index contributed by atoms with van der Waals surface area (Å²) in [6.07, 6.45) is -3.57. The van der Waals surface area contributed by atoms with Crippen LogP contribution in [0.4, 0.5) is 10.7 Å². The fourth-order valence-electron chi connectivity index (χ4n) is 4.39. The standard InChI is InChI=1S/C23H33BrN6O8/c1-9(2)11(27-21(33)38-22(3,4)5)18(32)34-8-10-13-14(37-23(6,7)36-13)17(35-10)30-15-12(26-19(30)24)16(31)29-20(25)28-15/h9-11,13-14,17H,8H2,1-7H3,(H,27,33)(H3,25,28,29,31)/t10-,11+,13-,14?,17-/m1/s1. The van der Waals surface area contributed by atoms with Gasteiger partial charge in [-0.15, -0.1) is 0 Å². The van der Waals surface area contributed by atoms with Crippen molar-refractivity contribution in [1.29, 1.82) is 0 Å². The molecule has 2 fully saturated rings. The third-order valence-electron chi connectivity index (χ3n) is 5.89. The fourth-order valence-corrected chi connectivity index (χ4v) is 4.93. The molecule has 15 heteroatoms. The topological polar surface area (TPSA) is 182 Å². The van der Waals surface area contributed by atoms with E-state index < -0.39 is 59.6 Å². The lowest BCUT2D eigenvalue weighted by Crippen LogP contribution is -2.48. The number of rotatable bonds is 6. The van der Waals surface area contributed by atoms with Crippen LogP contribution in [0.25, 0.3) is 11.2 Å². The summed E-state index contributed by atoms with van der Waals surface area (Å²) in [5.41, 5.74) is 4.79. The quantitative estimate of drug-likeness (QED) is 0.325. The number of H-pyrrole nitrogens is 1. The molecular formula is C23H33BrN6O8. The minimum absolute atomic E-state index is 0.0623. The van der Waals surface area contributed by atoms with Crippen LogP contribution in [0.3, 0.4) is 0 Å². The van der Waals surface area contributed by atoms with Gasteiger partial charge in [-0.05, 0) is 56.5 Å². The van der Waals surface area contributed by atoms with E-state index in [9.17, 15) is 14.4 Å². The molecule has 2 aliphatic rings. The van der Waals surface area contributed by atoms with Crippen molar-refractivity contribution in [3.63, 3.8) is 0 Å². The molecule has 14 nitrogen and oxygen atoms in total. The zero-order valence-electron chi connectivity index (χ0n) is 22.2. The number of imidazole rings is 1. The van der Waals surface area contributed by atoms with Gasteiger partial charge in [0.05, 0.1) is 0 Å². The van der Waals surface area contributed by atoms with Crippen LogP contribution < -0.4 is 16.6 Å². The first-order valence-electron chi connectivity index (χ1n) is 12.2. The maximum Gasteiger partial charge on any atom is 0.408 e. The largest absolute Gasteiger partial charge is 0.461 e. The first-order valence-corrected chi connectivity index (χ1v) is 13.0. The highest BCUT2D eigenvalue weighted by molar-refractivity contribution is 9.10. The molecule has 1 unspecified atom stereocenters. The summed E-state index contributed by atoms with van der Waals surface area (Å²) >= 11 is 3.37. The molecular weight excluding hydrogens is 568 g/mol. The van der Waals surface area contributed by atoms with E-state index in [0.717, 1.165) is 0 Å². The average molecular weight is 601 g/mol. The lowest BCUT2D eigenvalue weighted by atomic mass is 10.1. The number of amides is 1. The van der Waals surface area contributed by atoms with E-state index in [0.29, 0.717) is 0 Å². The lowest BCUT2D eigenvalue weighted by Gasteiger charge is -2.26. The Labute approximate surface area is 227 Å². The number of esters is 1. The molecule has 2 aliphatic heterocycles. The molecule has 0 bridgehead atoms. The van der Waals surface area contributed by atoms with Crippen molar-refractivity contribution in [2.24, 2.45) is 5.92 Å². The van der Waals surface area contributed by atoms with E-state index in [4.69, 9.17) is 29.4 Å². The van der Waals surface area contributed by atoms with E-state index >= 15 is 0 Å². The Bertz CT molecular complexity index is 1290. The number of nitrogen functional groups attached to an aromatic ring is 1. The van der Waals surface area contributed by atoms with Crippen molar-refractivity contribution in [3.05, 3.63) is 15.1 Å². The van der Waals surface area contributed by atoms with Crippen molar-refractivity contribution in [1.82, 2.24) is 24.8 Å². The molecule has 2 aromatic rings. The smallest absolute Gasteiger partial charge is 0.408 e. The number of fused-ring (bicyclic) bond motifs is 2. The van der Waals surface area contributed by atoms with E-state index in [1.54, 1.807) is 53.0 Å². The number of aromatic amines is 1. The summed E-state index contributed by atoms with van der Waals surface area (Å²) in [5.74, 6) is -1.96. The van der Waals surface area contributed by atoms with Crippen molar-refractivity contribution < 1.29 is 33.3 Å². The van der Waals surface area contributed by atoms with Crippen LogP contribution in [0.15, 0.2) is 9.53 Å². The van der Waals surface area contributed by atoms with Gasteiger partial charge in [-0.2, -0.15) is 4.98 Å². The average Bonchev–Trinajstić information content (AvgIpc) is 3.36. The Morgan fingerprint density at radius 1 is 1.24 bits per heavy atom. The number of halogens is 1. The van der Waals surface area contributed by atoms with E-state index in [2.05, 4.69) is 36.2 Å². The number of carbonyl (C=O) groups is 2. The second-order valence-electron chi connectivity index (χ2n) is 11.0. The van der Waals surface area contributed by atoms with Crippen LogP contribution in [0, 0.1) is 5.92 Å². The molecule has 4 N–H and O–H groups in total. The highest BCUT2D eigenvalue weighted by Gasteiger charge is 2.57. The number of aromatic nitrogens is 4. The zero-order chi connectivity index (χ0) is 28.2.